The number of ether oxygens (including phenoxy) is 2. The fourth-order valence-corrected chi connectivity index (χ4v) is 5.54. The second-order valence-corrected chi connectivity index (χ2v) is 11.4. The van der Waals surface area contributed by atoms with Crippen molar-refractivity contribution >= 4 is 44.4 Å². The summed E-state index contributed by atoms with van der Waals surface area (Å²) < 4.78 is 14.2. The highest BCUT2D eigenvalue weighted by molar-refractivity contribution is 9.10. The molecule has 0 spiro atoms. The number of aromatic nitrogens is 5. The summed E-state index contributed by atoms with van der Waals surface area (Å²) in [5, 5.41) is 17.9. The molecular formula is C32H34BrClN6O3. The molecule has 11 heteroatoms. The summed E-state index contributed by atoms with van der Waals surface area (Å²) in [5.41, 5.74) is 3.90. The number of rotatable bonds is 14. The summed E-state index contributed by atoms with van der Waals surface area (Å²) in [6.45, 7) is 5.82. The van der Waals surface area contributed by atoms with Crippen LogP contribution in [-0.4, -0.2) is 44.3 Å². The second kappa shape index (κ2) is 14.6. The van der Waals surface area contributed by atoms with Gasteiger partial charge in [0.2, 0.25) is 0 Å². The average Bonchev–Trinajstić information content (AvgIpc) is 3.62. The number of carbonyl (C=O) groups excluding carboxylic acids is 1. The van der Waals surface area contributed by atoms with Crippen molar-refractivity contribution in [1.29, 1.82) is 0 Å². The highest BCUT2D eigenvalue weighted by atomic mass is 79.9. The maximum atomic E-state index is 13.2. The fraction of sp³-hybridized carbons (Fsp3) is 0.312. The Balaban J connectivity index is 1.44. The van der Waals surface area contributed by atoms with Crippen LogP contribution in [0.4, 0.5) is 0 Å². The van der Waals surface area contributed by atoms with Crippen molar-refractivity contribution in [2.75, 3.05) is 13.2 Å². The van der Waals surface area contributed by atoms with E-state index in [0.717, 1.165) is 63.6 Å². The summed E-state index contributed by atoms with van der Waals surface area (Å²) in [4.78, 5) is 16.4. The molecule has 1 atom stereocenters. The molecule has 224 valence electrons. The molecule has 5 rings (SSSR count). The van der Waals surface area contributed by atoms with E-state index in [-0.39, 0.29) is 6.61 Å². The third-order valence-electron chi connectivity index (χ3n) is 7.12. The van der Waals surface area contributed by atoms with E-state index in [2.05, 4.69) is 48.7 Å². The Bertz CT molecular complexity index is 1670. The van der Waals surface area contributed by atoms with Gasteiger partial charge in [-0.2, -0.15) is 0 Å². The van der Waals surface area contributed by atoms with Crippen molar-refractivity contribution < 1.29 is 14.3 Å². The number of hydrogen-bond donors (Lipinski definition) is 2. The lowest BCUT2D eigenvalue weighted by atomic mass is 10.0. The van der Waals surface area contributed by atoms with Crippen molar-refractivity contribution in [2.45, 2.75) is 52.3 Å². The van der Waals surface area contributed by atoms with Crippen LogP contribution in [0, 0.1) is 0 Å². The van der Waals surface area contributed by atoms with Crippen LogP contribution in [0.5, 0.6) is 5.75 Å². The smallest absolute Gasteiger partial charge is 0.355 e. The number of unbranched alkanes of at least 4 members (excludes halogenated alkanes) is 2. The van der Waals surface area contributed by atoms with Gasteiger partial charge in [-0.05, 0) is 66.2 Å². The molecule has 2 aromatic heterocycles. The van der Waals surface area contributed by atoms with Crippen LogP contribution in [0.2, 0.25) is 5.02 Å². The zero-order valence-corrected chi connectivity index (χ0v) is 26.5. The Labute approximate surface area is 264 Å². The number of fused-ring (bicyclic) bond motifs is 1. The number of nitrogens with one attached hydrogen (secondary N) is 2. The van der Waals surface area contributed by atoms with Gasteiger partial charge >= 0.3 is 5.97 Å². The molecule has 1 unspecified atom stereocenters. The Morgan fingerprint density at radius 1 is 1.09 bits per heavy atom. The predicted molar refractivity (Wildman–Crippen MR) is 170 cm³/mol. The van der Waals surface area contributed by atoms with Crippen molar-refractivity contribution in [3.8, 4) is 5.75 Å². The number of tetrazole rings is 1. The molecule has 0 radical (unpaired) electrons. The van der Waals surface area contributed by atoms with E-state index in [1.807, 2.05) is 60.7 Å². The molecule has 5 aromatic rings. The summed E-state index contributed by atoms with van der Waals surface area (Å²) >= 11 is 9.87. The number of carbonyl (C=O) groups is 1. The molecule has 2 heterocycles. The summed E-state index contributed by atoms with van der Waals surface area (Å²) in [5.74, 6) is 0.915. The fourth-order valence-electron chi connectivity index (χ4n) is 4.97. The minimum atomic E-state index is -0.479. The monoisotopic (exact) mass is 664 g/mol. The van der Waals surface area contributed by atoms with Gasteiger partial charge in [0, 0.05) is 31.5 Å². The molecule has 2 N–H and O–H groups in total. The first kappa shape index (κ1) is 30.7. The Hall–Kier alpha value is -3.73. The van der Waals surface area contributed by atoms with Crippen molar-refractivity contribution in [3.63, 3.8) is 0 Å². The summed E-state index contributed by atoms with van der Waals surface area (Å²) in [7, 11) is 0. The second-order valence-electron chi connectivity index (χ2n) is 10.1. The van der Waals surface area contributed by atoms with Gasteiger partial charge in [-0.15, -0.1) is 5.10 Å². The molecule has 9 nitrogen and oxygen atoms in total. The van der Waals surface area contributed by atoms with Gasteiger partial charge in [0.25, 0.3) is 0 Å². The molecule has 0 aliphatic rings. The number of nitrogens with zero attached hydrogens (tertiary/aromatic N) is 4. The van der Waals surface area contributed by atoms with Crippen molar-refractivity contribution in [2.24, 2.45) is 0 Å². The number of halogens is 2. The normalized spacial score (nSPS) is 12.0. The minimum absolute atomic E-state index is 0.253. The first-order valence-corrected chi connectivity index (χ1v) is 15.6. The van der Waals surface area contributed by atoms with Gasteiger partial charge in [0.15, 0.2) is 5.82 Å². The molecule has 0 saturated heterocycles. The average molecular weight is 666 g/mol. The standard InChI is InChI=1S/C32H34BrClN6O3/c1-3-5-8-17-35-29(28-25-16-13-23(34)18-27(25)36-30(28)32(41)42-4-2)31-37-38-39-40(31)19-21-11-14-24(15-12-21)43-20-22-9-6-7-10-26(22)33/h6-7,9-16,18,29,35-36H,3-5,8,17,19-20H2,1-2H3. The zero-order valence-electron chi connectivity index (χ0n) is 24.1. The molecule has 0 amide bonds. The van der Waals surface area contributed by atoms with Gasteiger partial charge in [-0.1, -0.05) is 83.7 Å². The molecule has 0 fully saturated rings. The molecule has 3 aromatic carbocycles. The van der Waals surface area contributed by atoms with Crippen LogP contribution in [0.1, 0.15) is 72.2 Å². The van der Waals surface area contributed by atoms with Crippen LogP contribution in [0.15, 0.2) is 71.2 Å². The molecule has 0 saturated carbocycles. The molecule has 0 aliphatic heterocycles. The SMILES string of the molecule is CCCCCNC(c1c(C(=O)OCC)[nH]c2cc(Cl)ccc12)c1nnnn1Cc1ccc(OCc2ccccc2Br)cc1. The van der Waals surface area contributed by atoms with Gasteiger partial charge in [0.1, 0.15) is 18.1 Å². The Kier molecular flexibility index (Phi) is 10.5. The van der Waals surface area contributed by atoms with Crippen LogP contribution in [-0.2, 0) is 17.9 Å². The number of hydrogen-bond acceptors (Lipinski definition) is 7. The van der Waals surface area contributed by atoms with Crippen LogP contribution < -0.4 is 10.1 Å². The maximum Gasteiger partial charge on any atom is 0.355 e. The lowest BCUT2D eigenvalue weighted by molar-refractivity contribution is 0.0518. The highest BCUT2D eigenvalue weighted by Crippen LogP contribution is 2.34. The predicted octanol–water partition coefficient (Wildman–Crippen LogP) is 7.24. The van der Waals surface area contributed by atoms with Crippen molar-refractivity contribution in [1.82, 2.24) is 30.5 Å². The van der Waals surface area contributed by atoms with E-state index >= 15 is 0 Å². The maximum absolute atomic E-state index is 13.2. The van der Waals surface area contributed by atoms with Gasteiger partial charge in [0.05, 0.1) is 19.2 Å². The zero-order chi connectivity index (χ0) is 30.2. The Morgan fingerprint density at radius 3 is 2.67 bits per heavy atom. The topological polar surface area (TPSA) is 107 Å². The van der Waals surface area contributed by atoms with E-state index in [9.17, 15) is 4.79 Å². The quantitative estimate of drug-likeness (QED) is 0.0951. The van der Waals surface area contributed by atoms with E-state index in [4.69, 9.17) is 21.1 Å². The van der Waals surface area contributed by atoms with E-state index in [1.54, 1.807) is 17.7 Å². The third-order valence-corrected chi connectivity index (χ3v) is 8.13. The number of aromatic amines is 1. The molecule has 0 bridgehead atoms. The first-order chi connectivity index (χ1) is 21.0. The third kappa shape index (κ3) is 7.44. The van der Waals surface area contributed by atoms with Crippen LogP contribution in [0.25, 0.3) is 10.9 Å². The van der Waals surface area contributed by atoms with Gasteiger partial charge < -0.3 is 19.8 Å². The minimum Gasteiger partial charge on any atom is -0.489 e. The number of benzene rings is 3. The van der Waals surface area contributed by atoms with E-state index in [0.29, 0.717) is 29.7 Å². The first-order valence-electron chi connectivity index (χ1n) is 14.4. The van der Waals surface area contributed by atoms with Gasteiger partial charge in [-0.25, -0.2) is 9.48 Å². The van der Waals surface area contributed by atoms with Gasteiger partial charge in [-0.3, -0.25) is 0 Å². The van der Waals surface area contributed by atoms with E-state index in [1.165, 1.54) is 0 Å². The Morgan fingerprint density at radius 2 is 1.91 bits per heavy atom. The lowest BCUT2D eigenvalue weighted by Gasteiger charge is -2.20. The summed E-state index contributed by atoms with van der Waals surface area (Å²) in [6, 6.07) is 20.9. The van der Waals surface area contributed by atoms with E-state index < -0.39 is 12.0 Å². The van der Waals surface area contributed by atoms with Crippen molar-refractivity contribution in [3.05, 3.63) is 104 Å². The lowest BCUT2D eigenvalue weighted by Crippen LogP contribution is -2.28. The molecule has 43 heavy (non-hydrogen) atoms. The molecular weight excluding hydrogens is 632 g/mol. The molecule has 0 aliphatic carbocycles. The summed E-state index contributed by atoms with van der Waals surface area (Å²) in [6.07, 6.45) is 3.14. The number of H-pyrrole nitrogens is 1. The highest BCUT2D eigenvalue weighted by Gasteiger charge is 2.30. The van der Waals surface area contributed by atoms with Crippen LogP contribution in [0.3, 0.4) is 0 Å². The van der Waals surface area contributed by atoms with Crippen LogP contribution >= 0.6 is 27.5 Å². The largest absolute Gasteiger partial charge is 0.489 e. The number of esters is 1.